The smallest absolute Gasteiger partial charge is 0.244 e. The molecule has 1 amide bonds. The van der Waals surface area contributed by atoms with Crippen LogP contribution >= 0.6 is 11.6 Å². The molecule has 0 saturated heterocycles. The molecule has 0 spiro atoms. The summed E-state index contributed by atoms with van der Waals surface area (Å²) in [5.74, 6) is 0.636. The molecule has 1 atom stereocenters. The van der Waals surface area contributed by atoms with E-state index in [1.54, 1.807) is 17.8 Å². The van der Waals surface area contributed by atoms with Gasteiger partial charge in [-0.3, -0.25) is 9.48 Å². The lowest BCUT2D eigenvalue weighted by Gasteiger charge is -2.13. The van der Waals surface area contributed by atoms with Crippen molar-refractivity contribution in [1.82, 2.24) is 15.1 Å². The second-order valence-electron chi connectivity index (χ2n) is 5.48. The molecule has 24 heavy (non-hydrogen) atoms. The van der Waals surface area contributed by atoms with E-state index in [9.17, 15) is 4.79 Å². The van der Waals surface area contributed by atoms with Crippen molar-refractivity contribution in [3.05, 3.63) is 52.3 Å². The Bertz CT molecular complexity index is 735. The number of aryl methyl sites for hydroxylation is 2. The standard InChI is InChI=1S/C18H22ClN3O2/c1-5-24-15-8-6-14(7-9-15)12(2)20-17(23)11-10-16-13(3)21-22(4)18(16)19/h6-12H,5H2,1-4H3,(H,20,23)/b11-10+. The van der Waals surface area contributed by atoms with Gasteiger partial charge in [0.2, 0.25) is 5.91 Å². The maximum atomic E-state index is 12.1. The molecule has 5 nitrogen and oxygen atoms in total. The van der Waals surface area contributed by atoms with E-state index in [4.69, 9.17) is 16.3 Å². The third-order valence-corrected chi connectivity index (χ3v) is 4.10. The minimum absolute atomic E-state index is 0.108. The summed E-state index contributed by atoms with van der Waals surface area (Å²) in [7, 11) is 1.76. The summed E-state index contributed by atoms with van der Waals surface area (Å²) < 4.78 is 7.00. The van der Waals surface area contributed by atoms with E-state index in [1.807, 2.05) is 45.0 Å². The van der Waals surface area contributed by atoms with Crippen LogP contribution in [0, 0.1) is 6.92 Å². The fourth-order valence-corrected chi connectivity index (χ4v) is 2.60. The Morgan fingerprint density at radius 1 is 1.42 bits per heavy atom. The van der Waals surface area contributed by atoms with Gasteiger partial charge in [-0.1, -0.05) is 23.7 Å². The second-order valence-corrected chi connectivity index (χ2v) is 5.84. The lowest BCUT2D eigenvalue weighted by molar-refractivity contribution is -0.117. The van der Waals surface area contributed by atoms with Crippen molar-refractivity contribution >= 4 is 23.6 Å². The number of amides is 1. The fraction of sp³-hybridized carbons (Fsp3) is 0.333. The van der Waals surface area contributed by atoms with Crippen LogP contribution in [-0.4, -0.2) is 22.3 Å². The number of nitrogens with one attached hydrogen (secondary N) is 1. The highest BCUT2D eigenvalue weighted by molar-refractivity contribution is 6.31. The topological polar surface area (TPSA) is 56.1 Å². The van der Waals surface area contributed by atoms with Crippen molar-refractivity contribution in [3.63, 3.8) is 0 Å². The van der Waals surface area contributed by atoms with Crippen LogP contribution in [0.5, 0.6) is 5.75 Å². The molecule has 0 fully saturated rings. The number of ether oxygens (including phenoxy) is 1. The third kappa shape index (κ3) is 4.38. The molecule has 2 rings (SSSR count). The number of carbonyl (C=O) groups excluding carboxylic acids is 1. The quantitative estimate of drug-likeness (QED) is 0.811. The number of nitrogens with zero attached hydrogens (tertiary/aromatic N) is 2. The molecule has 1 aromatic heterocycles. The Hall–Kier alpha value is -2.27. The van der Waals surface area contributed by atoms with Gasteiger partial charge in [-0.15, -0.1) is 0 Å². The largest absolute Gasteiger partial charge is 0.494 e. The van der Waals surface area contributed by atoms with E-state index < -0.39 is 0 Å². The highest BCUT2D eigenvalue weighted by Crippen LogP contribution is 2.20. The molecule has 0 aliphatic rings. The Balaban J connectivity index is 1.99. The van der Waals surface area contributed by atoms with Crippen LogP contribution in [0.25, 0.3) is 6.08 Å². The lowest BCUT2D eigenvalue weighted by Crippen LogP contribution is -2.24. The first-order chi connectivity index (χ1) is 11.4. The van der Waals surface area contributed by atoms with Gasteiger partial charge < -0.3 is 10.1 Å². The highest BCUT2D eigenvalue weighted by atomic mass is 35.5. The Kier molecular flexibility index (Phi) is 6.04. The van der Waals surface area contributed by atoms with Gasteiger partial charge in [0, 0.05) is 18.7 Å². The van der Waals surface area contributed by atoms with E-state index in [1.165, 1.54) is 6.08 Å². The first-order valence-corrected chi connectivity index (χ1v) is 8.20. The average molecular weight is 348 g/mol. The Labute approximate surface area is 147 Å². The van der Waals surface area contributed by atoms with Crippen LogP contribution in [-0.2, 0) is 11.8 Å². The zero-order chi connectivity index (χ0) is 17.7. The molecule has 0 bridgehead atoms. The van der Waals surface area contributed by atoms with Crippen LogP contribution in [0.2, 0.25) is 5.15 Å². The first-order valence-electron chi connectivity index (χ1n) is 7.82. The monoisotopic (exact) mass is 347 g/mol. The van der Waals surface area contributed by atoms with Gasteiger partial charge in [0.05, 0.1) is 18.3 Å². The normalized spacial score (nSPS) is 12.4. The third-order valence-electron chi connectivity index (χ3n) is 3.65. The van der Waals surface area contributed by atoms with Gasteiger partial charge in [0.1, 0.15) is 10.9 Å². The summed E-state index contributed by atoms with van der Waals surface area (Å²) in [6.45, 7) is 6.36. The van der Waals surface area contributed by atoms with Crippen LogP contribution in [0.1, 0.15) is 36.7 Å². The molecule has 0 radical (unpaired) electrons. The number of benzene rings is 1. The van der Waals surface area contributed by atoms with E-state index >= 15 is 0 Å². The summed E-state index contributed by atoms with van der Waals surface area (Å²) in [6.07, 6.45) is 3.16. The zero-order valence-corrected chi connectivity index (χ0v) is 15.1. The van der Waals surface area contributed by atoms with Gasteiger partial charge in [0.25, 0.3) is 0 Å². The molecule has 1 aromatic carbocycles. The lowest BCUT2D eigenvalue weighted by atomic mass is 10.1. The maximum absolute atomic E-state index is 12.1. The number of hydrogen-bond donors (Lipinski definition) is 1. The van der Waals surface area contributed by atoms with Crippen LogP contribution in [0.15, 0.2) is 30.3 Å². The van der Waals surface area contributed by atoms with Crippen molar-refractivity contribution in [2.24, 2.45) is 7.05 Å². The fourth-order valence-electron chi connectivity index (χ4n) is 2.36. The van der Waals surface area contributed by atoms with Gasteiger partial charge >= 0.3 is 0 Å². The molecule has 128 valence electrons. The van der Waals surface area contributed by atoms with Crippen molar-refractivity contribution < 1.29 is 9.53 Å². The van der Waals surface area contributed by atoms with Crippen molar-refractivity contribution in [1.29, 1.82) is 0 Å². The molecule has 2 aromatic rings. The van der Waals surface area contributed by atoms with E-state index in [0.29, 0.717) is 11.8 Å². The van der Waals surface area contributed by atoms with Gasteiger partial charge in [-0.2, -0.15) is 5.10 Å². The number of aromatic nitrogens is 2. The molecular weight excluding hydrogens is 326 g/mol. The Morgan fingerprint density at radius 3 is 2.62 bits per heavy atom. The van der Waals surface area contributed by atoms with Gasteiger partial charge in [-0.25, -0.2) is 0 Å². The Morgan fingerprint density at radius 2 is 2.08 bits per heavy atom. The number of carbonyl (C=O) groups is 1. The molecule has 1 unspecified atom stereocenters. The van der Waals surface area contributed by atoms with Gasteiger partial charge in [-0.05, 0) is 44.5 Å². The predicted molar refractivity (Wildman–Crippen MR) is 96.2 cm³/mol. The van der Waals surface area contributed by atoms with E-state index in [-0.39, 0.29) is 11.9 Å². The minimum atomic E-state index is -0.185. The number of rotatable bonds is 6. The van der Waals surface area contributed by atoms with Crippen LogP contribution in [0.3, 0.4) is 0 Å². The predicted octanol–water partition coefficient (Wildman–Crippen LogP) is 3.67. The summed E-state index contributed by atoms with van der Waals surface area (Å²) in [5, 5.41) is 7.65. The molecular formula is C18H22ClN3O2. The first kappa shape index (κ1) is 18.1. The minimum Gasteiger partial charge on any atom is -0.494 e. The second kappa shape index (κ2) is 8.02. The highest BCUT2D eigenvalue weighted by Gasteiger charge is 2.10. The average Bonchev–Trinajstić information content (AvgIpc) is 2.79. The molecule has 1 N–H and O–H groups in total. The molecule has 0 saturated carbocycles. The molecule has 6 heteroatoms. The van der Waals surface area contributed by atoms with Crippen LogP contribution < -0.4 is 10.1 Å². The summed E-state index contributed by atoms with van der Waals surface area (Å²) in [5.41, 5.74) is 2.55. The van der Waals surface area contributed by atoms with E-state index in [2.05, 4.69) is 10.4 Å². The van der Waals surface area contributed by atoms with Crippen molar-refractivity contribution in [2.45, 2.75) is 26.8 Å². The maximum Gasteiger partial charge on any atom is 0.244 e. The van der Waals surface area contributed by atoms with Crippen molar-refractivity contribution in [3.8, 4) is 5.75 Å². The van der Waals surface area contributed by atoms with Crippen molar-refractivity contribution in [2.75, 3.05) is 6.61 Å². The number of halogens is 1. The van der Waals surface area contributed by atoms with Gasteiger partial charge in [0.15, 0.2) is 0 Å². The molecule has 1 heterocycles. The number of hydrogen-bond acceptors (Lipinski definition) is 3. The molecule has 0 aliphatic carbocycles. The molecule has 0 aliphatic heterocycles. The summed E-state index contributed by atoms with van der Waals surface area (Å²) in [6, 6.07) is 7.58. The van der Waals surface area contributed by atoms with Crippen LogP contribution in [0.4, 0.5) is 0 Å². The summed E-state index contributed by atoms with van der Waals surface area (Å²) in [4.78, 5) is 12.1. The zero-order valence-electron chi connectivity index (χ0n) is 14.3. The summed E-state index contributed by atoms with van der Waals surface area (Å²) >= 11 is 6.15. The SMILES string of the molecule is CCOc1ccc(C(C)NC(=O)/C=C/c2c(C)nn(C)c2Cl)cc1. The van der Waals surface area contributed by atoms with E-state index in [0.717, 1.165) is 22.6 Å².